The van der Waals surface area contributed by atoms with E-state index in [1.54, 1.807) is 11.0 Å². The molecule has 1 aromatic heterocycles. The number of likely N-dealkylation sites (tertiary alicyclic amines) is 1. The highest BCUT2D eigenvalue weighted by Gasteiger charge is 2.22. The summed E-state index contributed by atoms with van der Waals surface area (Å²) in [4.78, 5) is 25.6. The highest BCUT2D eigenvalue weighted by atomic mass is 16.2. The van der Waals surface area contributed by atoms with E-state index in [1.807, 2.05) is 47.3 Å². The molecule has 3 N–H and O–H groups in total. The van der Waals surface area contributed by atoms with E-state index in [-0.39, 0.29) is 11.9 Å². The third-order valence-electron chi connectivity index (χ3n) is 5.86. The smallest absolute Gasteiger partial charge is 0.312 e. The van der Waals surface area contributed by atoms with E-state index in [1.165, 1.54) is 11.1 Å². The van der Waals surface area contributed by atoms with E-state index in [9.17, 15) is 9.59 Å². The van der Waals surface area contributed by atoms with Gasteiger partial charge in [-0.1, -0.05) is 60.2 Å². The predicted octanol–water partition coefficient (Wildman–Crippen LogP) is 3.58. The maximum atomic E-state index is 12.8. The van der Waals surface area contributed by atoms with Crippen LogP contribution in [0.2, 0.25) is 0 Å². The Kier molecular flexibility index (Phi) is 6.88. The van der Waals surface area contributed by atoms with Crippen LogP contribution in [0, 0.1) is 6.92 Å². The Labute approximate surface area is 193 Å². The number of amides is 3. The zero-order valence-corrected chi connectivity index (χ0v) is 18.8. The van der Waals surface area contributed by atoms with Gasteiger partial charge >= 0.3 is 6.03 Å². The number of nitrogens with two attached hydrogens (primary N) is 1. The Morgan fingerprint density at radius 2 is 1.79 bits per heavy atom. The Morgan fingerprint density at radius 1 is 1.09 bits per heavy atom. The molecule has 0 saturated carbocycles. The minimum Gasteiger partial charge on any atom is -0.352 e. The van der Waals surface area contributed by atoms with Crippen molar-refractivity contribution in [2.45, 2.75) is 32.4 Å². The van der Waals surface area contributed by atoms with Crippen molar-refractivity contribution >= 4 is 18.0 Å². The first kappa shape index (κ1) is 22.3. The molecular weight excluding hydrogens is 414 g/mol. The van der Waals surface area contributed by atoms with Crippen molar-refractivity contribution in [1.29, 1.82) is 0 Å². The van der Waals surface area contributed by atoms with E-state index < -0.39 is 6.03 Å². The molecule has 1 aliphatic heterocycles. The average Bonchev–Trinajstić information content (AvgIpc) is 3.22. The summed E-state index contributed by atoms with van der Waals surface area (Å²) in [5.41, 5.74) is 10.3. The van der Waals surface area contributed by atoms with E-state index >= 15 is 0 Å². The average molecular weight is 444 g/mol. The largest absolute Gasteiger partial charge is 0.352 e. The lowest BCUT2D eigenvalue weighted by Gasteiger charge is -2.31. The van der Waals surface area contributed by atoms with Gasteiger partial charge in [-0.25, -0.2) is 4.79 Å². The number of hydrogen-bond acceptors (Lipinski definition) is 3. The van der Waals surface area contributed by atoms with Gasteiger partial charge in [0.05, 0.1) is 12.2 Å². The first-order valence-corrected chi connectivity index (χ1v) is 11.2. The third-order valence-corrected chi connectivity index (χ3v) is 5.86. The molecule has 0 bridgehead atoms. The molecule has 0 aliphatic carbocycles. The van der Waals surface area contributed by atoms with Crippen LogP contribution in [0.1, 0.15) is 29.5 Å². The fourth-order valence-corrected chi connectivity index (χ4v) is 4.05. The Morgan fingerprint density at radius 3 is 2.45 bits per heavy atom. The van der Waals surface area contributed by atoms with E-state index in [4.69, 9.17) is 10.8 Å². The number of aryl methyl sites for hydroxylation is 1. The van der Waals surface area contributed by atoms with E-state index in [0.29, 0.717) is 32.5 Å². The molecule has 1 aliphatic rings. The maximum absolute atomic E-state index is 12.8. The molecule has 2 heterocycles. The van der Waals surface area contributed by atoms with Crippen molar-refractivity contribution in [3.05, 3.63) is 83.6 Å². The van der Waals surface area contributed by atoms with Crippen LogP contribution >= 0.6 is 0 Å². The van der Waals surface area contributed by atoms with Crippen molar-refractivity contribution in [2.24, 2.45) is 5.73 Å². The number of primary amides is 1. The van der Waals surface area contributed by atoms with Gasteiger partial charge in [0.1, 0.15) is 0 Å². The number of benzene rings is 2. The first-order chi connectivity index (χ1) is 16.0. The first-order valence-electron chi connectivity index (χ1n) is 11.2. The van der Waals surface area contributed by atoms with Gasteiger partial charge in [-0.05, 0) is 31.4 Å². The number of urea groups is 1. The molecule has 0 spiro atoms. The summed E-state index contributed by atoms with van der Waals surface area (Å²) in [5.74, 6) is -0.0437. The van der Waals surface area contributed by atoms with Crippen molar-refractivity contribution in [2.75, 3.05) is 13.1 Å². The molecule has 4 rings (SSSR count). The summed E-state index contributed by atoms with van der Waals surface area (Å²) in [7, 11) is 0. The third kappa shape index (κ3) is 5.88. The fraction of sp³-hybridized carbons (Fsp3) is 0.269. The topological polar surface area (TPSA) is 93.3 Å². The van der Waals surface area contributed by atoms with Gasteiger partial charge in [0, 0.05) is 42.5 Å². The molecule has 1 saturated heterocycles. The van der Waals surface area contributed by atoms with Crippen LogP contribution in [0.5, 0.6) is 0 Å². The second-order valence-electron chi connectivity index (χ2n) is 8.42. The van der Waals surface area contributed by atoms with Crippen LogP contribution in [0.15, 0.2) is 66.9 Å². The van der Waals surface area contributed by atoms with Crippen molar-refractivity contribution in [3.63, 3.8) is 0 Å². The second-order valence-corrected chi connectivity index (χ2v) is 8.42. The molecule has 7 nitrogen and oxygen atoms in total. The fourth-order valence-electron chi connectivity index (χ4n) is 4.05. The highest BCUT2D eigenvalue weighted by molar-refractivity contribution is 5.93. The summed E-state index contributed by atoms with van der Waals surface area (Å²) in [6, 6.07) is 17.9. The van der Waals surface area contributed by atoms with Crippen LogP contribution in [0.3, 0.4) is 0 Å². The van der Waals surface area contributed by atoms with Gasteiger partial charge in [0.15, 0.2) is 0 Å². The summed E-state index contributed by atoms with van der Waals surface area (Å²) >= 11 is 0. The van der Waals surface area contributed by atoms with Gasteiger partial charge < -0.3 is 16.0 Å². The van der Waals surface area contributed by atoms with Crippen LogP contribution in [-0.4, -0.2) is 45.8 Å². The van der Waals surface area contributed by atoms with Crippen molar-refractivity contribution in [3.8, 4) is 11.3 Å². The number of nitrogens with one attached hydrogen (secondary N) is 1. The van der Waals surface area contributed by atoms with Gasteiger partial charge in [-0.3, -0.25) is 9.48 Å². The zero-order chi connectivity index (χ0) is 23.2. The Balaban J connectivity index is 1.50. The number of hydrogen-bond donors (Lipinski definition) is 2. The van der Waals surface area contributed by atoms with Gasteiger partial charge in [-0.2, -0.15) is 5.10 Å². The summed E-state index contributed by atoms with van der Waals surface area (Å²) in [6.07, 6.45) is 6.84. The number of carbonyl (C=O) groups is 2. The lowest BCUT2D eigenvalue weighted by Crippen LogP contribution is -2.47. The Bertz CT molecular complexity index is 1130. The number of nitrogens with zero attached hydrogens (tertiary/aromatic N) is 3. The predicted molar refractivity (Wildman–Crippen MR) is 129 cm³/mol. The van der Waals surface area contributed by atoms with Gasteiger partial charge in [0.25, 0.3) is 0 Å². The highest BCUT2D eigenvalue weighted by Crippen LogP contribution is 2.24. The molecule has 170 valence electrons. The van der Waals surface area contributed by atoms with Crippen molar-refractivity contribution in [1.82, 2.24) is 20.0 Å². The summed E-state index contributed by atoms with van der Waals surface area (Å²) in [5, 5.41) is 7.54. The van der Waals surface area contributed by atoms with E-state index in [2.05, 4.69) is 36.5 Å². The lowest BCUT2D eigenvalue weighted by molar-refractivity contribution is -0.126. The Hall–Kier alpha value is -3.87. The summed E-state index contributed by atoms with van der Waals surface area (Å²) in [6.45, 7) is 3.91. The number of aromatic nitrogens is 2. The monoisotopic (exact) mass is 443 g/mol. The van der Waals surface area contributed by atoms with Crippen LogP contribution in [0.4, 0.5) is 4.79 Å². The molecule has 2 aromatic carbocycles. The molecule has 33 heavy (non-hydrogen) atoms. The van der Waals surface area contributed by atoms with Gasteiger partial charge in [-0.15, -0.1) is 0 Å². The standard InChI is InChI=1S/C26H29N5O2/c1-19-7-9-20(10-8-19)17-31-18-22(25(29-31)21-5-3-2-4-6-21)11-12-24(32)30-15-13-23(14-16-30)28-26(27)33/h2-12,18,23H,13-17H2,1H3,(H3,27,28,33)/b12-11+. The molecular formula is C26H29N5O2. The maximum Gasteiger partial charge on any atom is 0.312 e. The summed E-state index contributed by atoms with van der Waals surface area (Å²) < 4.78 is 1.91. The minimum atomic E-state index is -0.518. The second kappa shape index (κ2) is 10.2. The molecule has 1 fully saturated rings. The molecule has 0 radical (unpaired) electrons. The minimum absolute atomic E-state index is 0.0280. The molecule has 0 atom stereocenters. The quantitative estimate of drug-likeness (QED) is 0.570. The molecule has 7 heteroatoms. The van der Waals surface area contributed by atoms with Gasteiger partial charge in [0.2, 0.25) is 5.91 Å². The van der Waals surface area contributed by atoms with Crippen LogP contribution < -0.4 is 11.1 Å². The number of piperidine rings is 1. The van der Waals surface area contributed by atoms with Crippen LogP contribution in [0.25, 0.3) is 17.3 Å². The van der Waals surface area contributed by atoms with Crippen LogP contribution in [-0.2, 0) is 11.3 Å². The number of carbonyl (C=O) groups excluding carboxylic acids is 2. The molecule has 0 unspecified atom stereocenters. The normalized spacial score (nSPS) is 14.5. The zero-order valence-electron chi connectivity index (χ0n) is 18.8. The van der Waals surface area contributed by atoms with Crippen molar-refractivity contribution < 1.29 is 9.59 Å². The SMILES string of the molecule is Cc1ccc(Cn2cc(/C=C/C(=O)N3CCC(NC(N)=O)CC3)c(-c3ccccc3)n2)cc1. The molecule has 3 aromatic rings. The van der Waals surface area contributed by atoms with E-state index in [0.717, 1.165) is 16.8 Å². The lowest BCUT2D eigenvalue weighted by atomic mass is 10.0. The number of rotatable bonds is 6. The molecule has 3 amide bonds.